The number of para-hydroxylation sites is 1. The first kappa shape index (κ1) is 13.3. The number of nitrogens with two attached hydrogens (primary N) is 1. The van der Waals surface area contributed by atoms with E-state index in [1.807, 2.05) is 6.07 Å². The number of rotatable bonds is 2. The van der Waals surface area contributed by atoms with E-state index >= 15 is 0 Å². The summed E-state index contributed by atoms with van der Waals surface area (Å²) in [6.07, 6.45) is 4.97. The van der Waals surface area contributed by atoms with Gasteiger partial charge in [0.15, 0.2) is 0 Å². The zero-order chi connectivity index (χ0) is 14.4. The molecule has 21 heavy (non-hydrogen) atoms. The largest absolute Gasteiger partial charge is 0.390 e. The van der Waals surface area contributed by atoms with Crippen LogP contribution in [0.3, 0.4) is 0 Å². The fourth-order valence-electron chi connectivity index (χ4n) is 3.39. The molecule has 3 aromatic rings. The molecule has 108 valence electrons. The van der Waals surface area contributed by atoms with E-state index in [4.69, 9.17) is 10.7 Å². The van der Waals surface area contributed by atoms with Crippen molar-refractivity contribution < 1.29 is 0 Å². The van der Waals surface area contributed by atoms with E-state index in [-0.39, 0.29) is 0 Å². The van der Waals surface area contributed by atoms with Gasteiger partial charge in [-0.3, -0.25) is 0 Å². The number of nitrogen functional groups attached to an aromatic ring is 1. The molecular weight excluding hydrogens is 296 g/mol. The summed E-state index contributed by atoms with van der Waals surface area (Å²) in [7, 11) is 0. The van der Waals surface area contributed by atoms with Gasteiger partial charge in [0.25, 0.3) is 0 Å². The number of anilines is 1. The van der Waals surface area contributed by atoms with Gasteiger partial charge in [-0.2, -0.15) is 0 Å². The number of aromatic nitrogens is 1. The standard InChI is InChI=1S/C17H18N2S2/c1-2-10-6-5-9-13-14(10)15(16(18)20-13)17-19-11-7-3-4-8-12(11)21-17/h3-4,7-8,10H,2,5-6,9,18H2,1H3. The molecule has 0 fully saturated rings. The van der Waals surface area contributed by atoms with E-state index in [0.29, 0.717) is 5.92 Å². The van der Waals surface area contributed by atoms with E-state index in [0.717, 1.165) is 15.5 Å². The van der Waals surface area contributed by atoms with Crippen molar-refractivity contribution in [2.24, 2.45) is 0 Å². The van der Waals surface area contributed by atoms with Crippen LogP contribution in [0.15, 0.2) is 24.3 Å². The van der Waals surface area contributed by atoms with Crippen molar-refractivity contribution in [1.82, 2.24) is 4.98 Å². The third-order valence-electron chi connectivity index (χ3n) is 4.41. The minimum atomic E-state index is 0.657. The molecule has 2 N–H and O–H groups in total. The number of hydrogen-bond acceptors (Lipinski definition) is 4. The van der Waals surface area contributed by atoms with Gasteiger partial charge in [0.1, 0.15) is 5.01 Å². The fraction of sp³-hybridized carbons (Fsp3) is 0.353. The SMILES string of the molecule is CCC1CCCc2sc(N)c(-c3nc4ccccc4s3)c21. The molecule has 1 aromatic carbocycles. The third-order valence-corrected chi connectivity index (χ3v) is 6.56. The first-order valence-corrected chi connectivity index (χ1v) is 9.18. The van der Waals surface area contributed by atoms with Gasteiger partial charge in [0.05, 0.1) is 15.2 Å². The number of thiophene rings is 1. The first-order chi connectivity index (χ1) is 10.3. The molecule has 4 rings (SSSR count). The van der Waals surface area contributed by atoms with Gasteiger partial charge < -0.3 is 5.73 Å². The fourth-order valence-corrected chi connectivity index (χ4v) is 5.69. The van der Waals surface area contributed by atoms with Crippen molar-refractivity contribution in [3.05, 3.63) is 34.7 Å². The molecule has 0 aliphatic heterocycles. The average molecular weight is 314 g/mol. The van der Waals surface area contributed by atoms with Gasteiger partial charge in [0, 0.05) is 10.4 Å². The van der Waals surface area contributed by atoms with Gasteiger partial charge in [-0.1, -0.05) is 19.1 Å². The molecule has 0 saturated heterocycles. The monoisotopic (exact) mass is 314 g/mol. The molecule has 1 unspecified atom stereocenters. The van der Waals surface area contributed by atoms with Crippen molar-refractivity contribution in [1.29, 1.82) is 0 Å². The molecule has 2 aromatic heterocycles. The number of fused-ring (bicyclic) bond motifs is 2. The summed E-state index contributed by atoms with van der Waals surface area (Å²) in [5.74, 6) is 0.657. The van der Waals surface area contributed by atoms with Crippen molar-refractivity contribution in [2.75, 3.05) is 5.73 Å². The van der Waals surface area contributed by atoms with E-state index < -0.39 is 0 Å². The van der Waals surface area contributed by atoms with Gasteiger partial charge in [-0.15, -0.1) is 22.7 Å². The van der Waals surface area contributed by atoms with Crippen molar-refractivity contribution in [3.63, 3.8) is 0 Å². The number of hydrogen-bond donors (Lipinski definition) is 1. The molecule has 0 amide bonds. The lowest BCUT2D eigenvalue weighted by molar-refractivity contribution is 0.547. The molecular formula is C17H18N2S2. The molecule has 1 aliphatic carbocycles. The predicted octanol–water partition coefficient (Wildman–Crippen LogP) is 5.44. The van der Waals surface area contributed by atoms with E-state index in [2.05, 4.69) is 25.1 Å². The lowest BCUT2D eigenvalue weighted by atomic mass is 9.83. The summed E-state index contributed by atoms with van der Waals surface area (Å²) >= 11 is 3.56. The lowest BCUT2D eigenvalue weighted by Crippen LogP contribution is -2.07. The van der Waals surface area contributed by atoms with Crippen LogP contribution in [0, 0.1) is 0 Å². The summed E-state index contributed by atoms with van der Waals surface area (Å²) in [5.41, 5.74) is 10.2. The normalized spacial score (nSPS) is 18.0. The highest BCUT2D eigenvalue weighted by molar-refractivity contribution is 7.22. The summed E-state index contributed by atoms with van der Waals surface area (Å²) in [4.78, 5) is 6.34. The van der Waals surface area contributed by atoms with Crippen LogP contribution in [0.1, 0.15) is 42.5 Å². The second-order valence-electron chi connectivity index (χ2n) is 5.66. The van der Waals surface area contributed by atoms with Crippen molar-refractivity contribution in [3.8, 4) is 10.6 Å². The van der Waals surface area contributed by atoms with Crippen molar-refractivity contribution >= 4 is 37.9 Å². The lowest BCUT2D eigenvalue weighted by Gasteiger charge is -2.22. The maximum Gasteiger partial charge on any atom is 0.127 e. The van der Waals surface area contributed by atoms with Crippen LogP contribution in [-0.2, 0) is 6.42 Å². The van der Waals surface area contributed by atoms with Crippen LogP contribution in [0.25, 0.3) is 20.8 Å². The minimum Gasteiger partial charge on any atom is -0.390 e. The van der Waals surface area contributed by atoms with Crippen LogP contribution < -0.4 is 5.73 Å². The maximum absolute atomic E-state index is 6.38. The molecule has 2 nitrogen and oxygen atoms in total. The summed E-state index contributed by atoms with van der Waals surface area (Å²) < 4.78 is 1.25. The first-order valence-electron chi connectivity index (χ1n) is 7.55. The number of thiazole rings is 1. The van der Waals surface area contributed by atoms with E-state index in [1.54, 1.807) is 22.7 Å². The van der Waals surface area contributed by atoms with Gasteiger partial charge >= 0.3 is 0 Å². The maximum atomic E-state index is 6.38. The smallest absolute Gasteiger partial charge is 0.127 e. The molecule has 4 heteroatoms. The Balaban J connectivity index is 1.93. The molecule has 0 saturated carbocycles. The van der Waals surface area contributed by atoms with Gasteiger partial charge in [0.2, 0.25) is 0 Å². The van der Waals surface area contributed by atoms with Gasteiger partial charge in [-0.05, 0) is 49.3 Å². The summed E-state index contributed by atoms with van der Waals surface area (Å²) in [6.45, 7) is 2.29. The second kappa shape index (κ2) is 5.11. The molecule has 1 atom stereocenters. The van der Waals surface area contributed by atoms with Crippen LogP contribution in [-0.4, -0.2) is 4.98 Å². The number of benzene rings is 1. The molecule has 2 heterocycles. The Labute approximate surface area is 132 Å². The highest BCUT2D eigenvalue weighted by Crippen LogP contribution is 2.49. The quantitative estimate of drug-likeness (QED) is 0.684. The van der Waals surface area contributed by atoms with Crippen molar-refractivity contribution in [2.45, 2.75) is 38.5 Å². The summed E-state index contributed by atoms with van der Waals surface area (Å²) in [5, 5.41) is 2.06. The Bertz CT molecular complexity index is 767. The van der Waals surface area contributed by atoms with E-state index in [9.17, 15) is 0 Å². The highest BCUT2D eigenvalue weighted by Gasteiger charge is 2.28. The topological polar surface area (TPSA) is 38.9 Å². The minimum absolute atomic E-state index is 0.657. The Morgan fingerprint density at radius 2 is 2.14 bits per heavy atom. The predicted molar refractivity (Wildman–Crippen MR) is 93.3 cm³/mol. The third kappa shape index (κ3) is 2.09. The van der Waals surface area contributed by atoms with E-state index in [1.165, 1.54) is 46.4 Å². The zero-order valence-corrected chi connectivity index (χ0v) is 13.7. The molecule has 0 bridgehead atoms. The number of nitrogens with zero attached hydrogens (tertiary/aromatic N) is 1. The molecule has 0 spiro atoms. The van der Waals surface area contributed by atoms with Gasteiger partial charge in [-0.25, -0.2) is 4.98 Å². The highest BCUT2D eigenvalue weighted by atomic mass is 32.1. The molecule has 1 aliphatic rings. The Morgan fingerprint density at radius 3 is 2.95 bits per heavy atom. The summed E-state index contributed by atoms with van der Waals surface area (Å²) in [6, 6.07) is 8.35. The van der Waals surface area contributed by atoms with Crippen LogP contribution >= 0.6 is 22.7 Å². The van der Waals surface area contributed by atoms with Crippen LogP contribution in [0.5, 0.6) is 0 Å². The Morgan fingerprint density at radius 1 is 1.29 bits per heavy atom. The second-order valence-corrected chi connectivity index (χ2v) is 7.83. The van der Waals surface area contributed by atoms with Crippen LogP contribution in [0.4, 0.5) is 5.00 Å². The zero-order valence-electron chi connectivity index (χ0n) is 12.1. The number of aryl methyl sites for hydroxylation is 1. The Kier molecular flexibility index (Phi) is 3.23. The average Bonchev–Trinajstić information content (AvgIpc) is 3.05. The van der Waals surface area contributed by atoms with Crippen LogP contribution in [0.2, 0.25) is 0 Å². The Hall–Kier alpha value is -1.39. The molecule has 0 radical (unpaired) electrons.